The van der Waals surface area contributed by atoms with Gasteiger partial charge in [0.05, 0.1) is 0 Å². The summed E-state index contributed by atoms with van der Waals surface area (Å²) in [5.74, 6) is 2.34. The fourth-order valence-corrected chi connectivity index (χ4v) is 5.77. The van der Waals surface area contributed by atoms with Gasteiger partial charge in [0.25, 0.3) is 0 Å². The number of allylic oxidation sites excluding steroid dienone is 2. The molecular formula is C24H18NOP. The maximum absolute atomic E-state index is 5.98. The molecule has 0 fully saturated rings. The van der Waals surface area contributed by atoms with E-state index >= 15 is 0 Å². The van der Waals surface area contributed by atoms with Gasteiger partial charge >= 0.3 is 0 Å². The molecule has 0 amide bonds. The van der Waals surface area contributed by atoms with E-state index in [-0.39, 0.29) is 5.85 Å². The van der Waals surface area contributed by atoms with E-state index in [9.17, 15) is 0 Å². The first-order valence-corrected chi connectivity index (χ1v) is 10.5. The van der Waals surface area contributed by atoms with Crippen LogP contribution in [0.2, 0.25) is 0 Å². The van der Waals surface area contributed by atoms with Crippen molar-refractivity contribution in [2.45, 2.75) is 5.85 Å². The largest absolute Gasteiger partial charge is 0.382 e. The third kappa shape index (κ3) is 3.03. The molecular weight excluding hydrogens is 349 g/mol. The van der Waals surface area contributed by atoms with E-state index in [4.69, 9.17) is 4.84 Å². The predicted molar refractivity (Wildman–Crippen MR) is 114 cm³/mol. The Morgan fingerprint density at radius 1 is 0.667 bits per heavy atom. The third-order valence-corrected chi connectivity index (χ3v) is 7.10. The highest BCUT2D eigenvalue weighted by Crippen LogP contribution is 2.59. The Hall–Kier alpha value is -2.96. The number of nitrogens with zero attached hydrogens (tertiary/aromatic N) is 1. The Kier molecular flexibility index (Phi) is 4.20. The molecule has 130 valence electrons. The lowest BCUT2D eigenvalue weighted by molar-refractivity contribution is 0.162. The van der Waals surface area contributed by atoms with Gasteiger partial charge in [0.1, 0.15) is 5.45 Å². The fraction of sp³-hybridized carbons (Fsp3) is 0.0417. The van der Waals surface area contributed by atoms with Gasteiger partial charge < -0.3 is 4.84 Å². The summed E-state index contributed by atoms with van der Waals surface area (Å²) in [6, 6.07) is 31.4. The zero-order chi connectivity index (χ0) is 18.1. The van der Waals surface area contributed by atoms with Crippen molar-refractivity contribution < 1.29 is 4.84 Å². The van der Waals surface area contributed by atoms with Crippen molar-refractivity contribution in [3.05, 3.63) is 120 Å². The molecule has 0 aliphatic carbocycles. The van der Waals surface area contributed by atoms with Gasteiger partial charge in [0.2, 0.25) is 0 Å². The molecule has 2 aliphatic rings. The molecule has 0 aromatic heterocycles. The molecule has 2 atom stereocenters. The number of fused-ring (bicyclic) bond motifs is 1. The van der Waals surface area contributed by atoms with E-state index in [1.807, 2.05) is 12.1 Å². The lowest BCUT2D eigenvalue weighted by Crippen LogP contribution is -2.11. The highest BCUT2D eigenvalue weighted by Gasteiger charge is 2.39. The molecule has 3 aromatic carbocycles. The normalized spacial score (nSPS) is 20.8. The van der Waals surface area contributed by atoms with Crippen LogP contribution in [0.3, 0.4) is 0 Å². The lowest BCUT2D eigenvalue weighted by Gasteiger charge is -2.25. The molecule has 5 rings (SSSR count). The summed E-state index contributed by atoms with van der Waals surface area (Å²) < 4.78 is 0. The summed E-state index contributed by atoms with van der Waals surface area (Å²) in [4.78, 5) is 5.98. The van der Waals surface area contributed by atoms with Crippen molar-refractivity contribution in [1.82, 2.24) is 0 Å². The van der Waals surface area contributed by atoms with Gasteiger partial charge in [-0.3, -0.25) is 0 Å². The minimum absolute atomic E-state index is 0.0231. The molecule has 0 N–H and O–H groups in total. The third-order valence-electron chi connectivity index (χ3n) is 4.84. The summed E-state index contributed by atoms with van der Waals surface area (Å²) in [5, 5.41) is 4.51. The van der Waals surface area contributed by atoms with Gasteiger partial charge in [-0.15, -0.1) is 0 Å². The van der Waals surface area contributed by atoms with Gasteiger partial charge in [0, 0.05) is 19.1 Å². The Morgan fingerprint density at radius 3 is 1.85 bits per heavy atom. The first kappa shape index (κ1) is 16.2. The van der Waals surface area contributed by atoms with Gasteiger partial charge in [0.15, 0.2) is 5.85 Å². The molecule has 0 saturated carbocycles. The zero-order valence-electron chi connectivity index (χ0n) is 14.7. The van der Waals surface area contributed by atoms with Crippen LogP contribution >= 0.6 is 7.92 Å². The molecule has 0 saturated heterocycles. The number of benzene rings is 3. The summed E-state index contributed by atoms with van der Waals surface area (Å²) >= 11 is 0. The molecule has 2 nitrogen and oxygen atoms in total. The highest BCUT2D eigenvalue weighted by molar-refractivity contribution is 7.80. The Bertz CT molecular complexity index is 1040. The van der Waals surface area contributed by atoms with E-state index in [1.54, 1.807) is 0 Å². The van der Waals surface area contributed by atoms with Crippen LogP contribution in [0.4, 0.5) is 0 Å². The van der Waals surface area contributed by atoms with Gasteiger partial charge in [-0.05, 0) is 28.6 Å². The van der Waals surface area contributed by atoms with E-state index in [2.05, 4.69) is 95.9 Å². The van der Waals surface area contributed by atoms with Crippen LogP contribution < -0.4 is 0 Å². The molecule has 2 unspecified atom stereocenters. The van der Waals surface area contributed by atoms with E-state index in [0.717, 1.165) is 11.0 Å². The molecule has 0 spiro atoms. The molecule has 2 heterocycles. The minimum Gasteiger partial charge on any atom is -0.382 e. The Morgan fingerprint density at radius 2 is 1.22 bits per heavy atom. The zero-order valence-corrected chi connectivity index (χ0v) is 15.6. The first-order valence-electron chi connectivity index (χ1n) is 9.02. The van der Waals surface area contributed by atoms with Crippen LogP contribution in [0.15, 0.2) is 108 Å². The molecule has 27 heavy (non-hydrogen) atoms. The lowest BCUT2D eigenvalue weighted by atomic mass is 10.00. The van der Waals surface area contributed by atoms with Crippen LogP contribution in [0.5, 0.6) is 0 Å². The number of oxime groups is 1. The van der Waals surface area contributed by atoms with Crippen molar-refractivity contribution in [1.29, 1.82) is 0 Å². The van der Waals surface area contributed by atoms with Crippen LogP contribution in [0, 0.1) is 0 Å². The Balaban J connectivity index is 1.63. The first-order chi connectivity index (χ1) is 13.4. The maximum Gasteiger partial charge on any atom is 0.180 e. The van der Waals surface area contributed by atoms with Crippen molar-refractivity contribution in [3.63, 3.8) is 0 Å². The smallest absolute Gasteiger partial charge is 0.180 e. The number of hydrogen-bond donors (Lipinski definition) is 0. The van der Waals surface area contributed by atoms with Crippen molar-refractivity contribution >= 4 is 24.5 Å². The maximum atomic E-state index is 5.98. The molecule has 0 bridgehead atoms. The average molecular weight is 367 g/mol. The van der Waals surface area contributed by atoms with E-state index < -0.39 is 7.92 Å². The van der Waals surface area contributed by atoms with Gasteiger partial charge in [-0.1, -0.05) is 96.2 Å². The highest BCUT2D eigenvalue weighted by atomic mass is 31.1. The summed E-state index contributed by atoms with van der Waals surface area (Å²) in [6.45, 7) is 0. The topological polar surface area (TPSA) is 21.6 Å². The Labute approximate surface area is 160 Å². The van der Waals surface area contributed by atoms with E-state index in [0.29, 0.717) is 0 Å². The second-order valence-corrected chi connectivity index (χ2v) is 8.53. The van der Waals surface area contributed by atoms with Crippen LogP contribution in [0.1, 0.15) is 16.7 Å². The quantitative estimate of drug-likeness (QED) is 0.496. The number of hydrogen-bond acceptors (Lipinski definition) is 2. The van der Waals surface area contributed by atoms with Crippen molar-refractivity contribution in [2.75, 3.05) is 0 Å². The standard InChI is InChI=1S/C24H18NOP/c1-4-10-18(11-5-1)21-16-22(19-12-6-2-7-13-19)24-26-25-23(27(24)17-21)20-14-8-3-9-15-20/h1-17,24H. The second kappa shape index (κ2) is 6.98. The SMILES string of the molecule is C1=C(c2ccccc2)C=C(c2ccccc2)C2ON=C(c3ccccc3)P12. The van der Waals surface area contributed by atoms with Gasteiger partial charge in [-0.2, -0.15) is 0 Å². The number of rotatable bonds is 3. The van der Waals surface area contributed by atoms with Crippen LogP contribution in [-0.4, -0.2) is 11.3 Å². The van der Waals surface area contributed by atoms with Crippen molar-refractivity contribution in [2.24, 2.45) is 5.16 Å². The predicted octanol–water partition coefficient (Wildman–Crippen LogP) is 6.32. The van der Waals surface area contributed by atoms with Crippen LogP contribution in [0.25, 0.3) is 11.1 Å². The van der Waals surface area contributed by atoms with Crippen LogP contribution in [-0.2, 0) is 4.84 Å². The van der Waals surface area contributed by atoms with Crippen molar-refractivity contribution in [3.8, 4) is 0 Å². The minimum atomic E-state index is -0.688. The molecule has 0 radical (unpaired) electrons. The average Bonchev–Trinajstić information content (AvgIpc) is 3.19. The fourth-order valence-electron chi connectivity index (χ4n) is 3.50. The summed E-state index contributed by atoms with van der Waals surface area (Å²) in [5.41, 5.74) is 7.07. The van der Waals surface area contributed by atoms with E-state index in [1.165, 1.54) is 22.3 Å². The molecule has 3 heteroatoms. The second-order valence-electron chi connectivity index (χ2n) is 6.56. The summed E-state index contributed by atoms with van der Waals surface area (Å²) in [7, 11) is -0.688. The molecule has 2 aliphatic heterocycles. The monoisotopic (exact) mass is 367 g/mol. The summed E-state index contributed by atoms with van der Waals surface area (Å²) in [6.07, 6.45) is 2.26. The van der Waals surface area contributed by atoms with Gasteiger partial charge in [-0.25, -0.2) is 0 Å². The molecule has 3 aromatic rings.